The Morgan fingerprint density at radius 1 is 1.50 bits per heavy atom. The van der Waals surface area contributed by atoms with Crippen molar-refractivity contribution in [2.45, 2.75) is 6.61 Å². The maximum atomic E-state index is 10.8. The van der Waals surface area contributed by atoms with Crippen molar-refractivity contribution in [3.05, 3.63) is 29.8 Å². The zero-order valence-corrected chi connectivity index (χ0v) is 8.03. The summed E-state index contributed by atoms with van der Waals surface area (Å²) in [7, 11) is 1.59. The smallest absolute Gasteiger partial charge is 0.320 e. The molecule has 0 saturated carbocycles. The molecule has 0 aliphatic heterocycles. The Kier molecular flexibility index (Phi) is 3.94. The van der Waals surface area contributed by atoms with Crippen molar-refractivity contribution in [2.24, 2.45) is 5.73 Å². The van der Waals surface area contributed by atoms with E-state index < -0.39 is 5.97 Å². The number of hydrogen-bond donors (Lipinski definition) is 1. The first kappa shape index (κ1) is 10.5. The second-order valence-corrected chi connectivity index (χ2v) is 2.72. The van der Waals surface area contributed by atoms with E-state index in [1.54, 1.807) is 7.11 Å². The fraction of sp³-hybridized carbons (Fsp3) is 0.300. The first-order valence-electron chi connectivity index (χ1n) is 4.25. The van der Waals surface area contributed by atoms with Gasteiger partial charge in [0.05, 0.1) is 13.7 Å². The molecular weight excluding hydrogens is 182 g/mol. The summed E-state index contributed by atoms with van der Waals surface area (Å²) in [5.74, 6) is 0.333. The topological polar surface area (TPSA) is 61.5 Å². The predicted molar refractivity (Wildman–Crippen MR) is 51.8 cm³/mol. The third-order valence-corrected chi connectivity index (χ3v) is 1.70. The lowest BCUT2D eigenvalue weighted by atomic mass is 10.2. The van der Waals surface area contributed by atoms with Gasteiger partial charge in [0.15, 0.2) is 0 Å². The molecule has 0 saturated heterocycles. The summed E-state index contributed by atoms with van der Waals surface area (Å²) in [4.78, 5) is 10.8. The van der Waals surface area contributed by atoms with Gasteiger partial charge in [-0.1, -0.05) is 12.1 Å². The van der Waals surface area contributed by atoms with Crippen LogP contribution in [0.2, 0.25) is 0 Å². The summed E-state index contributed by atoms with van der Waals surface area (Å²) in [5.41, 5.74) is 5.97. The molecule has 0 amide bonds. The number of carbonyl (C=O) groups excluding carboxylic acids is 1. The van der Waals surface area contributed by atoms with E-state index in [0.717, 1.165) is 11.3 Å². The Hall–Kier alpha value is -1.55. The lowest BCUT2D eigenvalue weighted by Gasteiger charge is -2.05. The van der Waals surface area contributed by atoms with Gasteiger partial charge in [0.1, 0.15) is 12.4 Å². The van der Waals surface area contributed by atoms with Crippen molar-refractivity contribution >= 4 is 5.97 Å². The third-order valence-electron chi connectivity index (χ3n) is 1.70. The molecule has 0 radical (unpaired) electrons. The summed E-state index contributed by atoms with van der Waals surface area (Å²) < 4.78 is 9.88. The van der Waals surface area contributed by atoms with Crippen LogP contribution in [0.25, 0.3) is 0 Å². The van der Waals surface area contributed by atoms with Gasteiger partial charge in [-0.15, -0.1) is 0 Å². The standard InChI is InChI=1S/C10H13NO3/c1-13-9-4-2-3-8(5-9)7-14-10(12)6-11/h2-5H,6-7,11H2,1H3. The molecule has 0 unspecified atom stereocenters. The summed E-state index contributed by atoms with van der Waals surface area (Å²) in [6.45, 7) is 0.136. The fourth-order valence-electron chi connectivity index (χ4n) is 0.985. The highest BCUT2D eigenvalue weighted by atomic mass is 16.5. The molecule has 4 heteroatoms. The maximum Gasteiger partial charge on any atom is 0.320 e. The van der Waals surface area contributed by atoms with Crippen LogP contribution in [-0.4, -0.2) is 19.6 Å². The molecule has 0 atom stereocenters. The lowest BCUT2D eigenvalue weighted by molar-refractivity contribution is -0.143. The van der Waals surface area contributed by atoms with Gasteiger partial charge in [0, 0.05) is 0 Å². The number of carbonyl (C=O) groups is 1. The Morgan fingerprint density at radius 2 is 2.29 bits per heavy atom. The van der Waals surface area contributed by atoms with Gasteiger partial charge in [0.2, 0.25) is 0 Å². The van der Waals surface area contributed by atoms with Crippen molar-refractivity contribution in [1.82, 2.24) is 0 Å². The molecule has 0 spiro atoms. The quantitative estimate of drug-likeness (QED) is 0.718. The minimum absolute atomic E-state index is 0.0933. The highest BCUT2D eigenvalue weighted by Gasteiger charge is 2.00. The molecule has 0 fully saturated rings. The number of nitrogens with two attached hydrogens (primary N) is 1. The molecule has 0 aromatic heterocycles. The minimum Gasteiger partial charge on any atom is -0.497 e. The van der Waals surface area contributed by atoms with Crippen molar-refractivity contribution in [2.75, 3.05) is 13.7 Å². The van der Waals surface area contributed by atoms with Gasteiger partial charge in [-0.05, 0) is 17.7 Å². The van der Waals surface area contributed by atoms with Crippen LogP contribution in [0.15, 0.2) is 24.3 Å². The van der Waals surface area contributed by atoms with Crippen LogP contribution in [0, 0.1) is 0 Å². The van der Waals surface area contributed by atoms with Gasteiger partial charge in [0.25, 0.3) is 0 Å². The zero-order chi connectivity index (χ0) is 10.4. The molecule has 1 aromatic rings. The number of rotatable bonds is 4. The monoisotopic (exact) mass is 195 g/mol. The van der Waals surface area contributed by atoms with Gasteiger partial charge in [-0.25, -0.2) is 0 Å². The van der Waals surface area contributed by atoms with E-state index >= 15 is 0 Å². The number of ether oxygens (including phenoxy) is 2. The second kappa shape index (κ2) is 5.24. The van der Waals surface area contributed by atoms with Crippen molar-refractivity contribution in [3.8, 4) is 5.75 Å². The van der Waals surface area contributed by atoms with Crippen LogP contribution < -0.4 is 10.5 Å². The molecule has 0 aliphatic carbocycles. The first-order chi connectivity index (χ1) is 6.76. The van der Waals surface area contributed by atoms with E-state index in [0.29, 0.717) is 0 Å². The molecule has 76 valence electrons. The SMILES string of the molecule is COc1cccc(COC(=O)CN)c1. The fourth-order valence-corrected chi connectivity index (χ4v) is 0.985. The lowest BCUT2D eigenvalue weighted by Crippen LogP contribution is -2.16. The van der Waals surface area contributed by atoms with E-state index in [4.69, 9.17) is 15.2 Å². The summed E-state index contributed by atoms with van der Waals surface area (Å²) in [6, 6.07) is 7.33. The summed E-state index contributed by atoms with van der Waals surface area (Å²) >= 11 is 0. The number of hydrogen-bond acceptors (Lipinski definition) is 4. The highest BCUT2D eigenvalue weighted by Crippen LogP contribution is 2.12. The molecule has 1 rings (SSSR count). The van der Waals surface area contributed by atoms with Gasteiger partial charge < -0.3 is 15.2 Å². The normalized spacial score (nSPS) is 9.57. The van der Waals surface area contributed by atoms with Crippen molar-refractivity contribution < 1.29 is 14.3 Å². The summed E-state index contributed by atoms with van der Waals surface area (Å²) in [5, 5.41) is 0. The predicted octanol–water partition coefficient (Wildman–Crippen LogP) is 0.697. The Bertz CT molecular complexity index is 312. The molecule has 0 heterocycles. The average Bonchev–Trinajstić information content (AvgIpc) is 2.26. The third kappa shape index (κ3) is 3.06. The van der Waals surface area contributed by atoms with Gasteiger partial charge >= 0.3 is 5.97 Å². The van der Waals surface area contributed by atoms with E-state index in [9.17, 15) is 4.79 Å². The zero-order valence-electron chi connectivity index (χ0n) is 8.03. The average molecular weight is 195 g/mol. The van der Waals surface area contributed by atoms with Crippen LogP contribution in [0.3, 0.4) is 0 Å². The summed E-state index contributed by atoms with van der Waals surface area (Å²) in [6.07, 6.45) is 0. The van der Waals surface area contributed by atoms with Crippen LogP contribution in [0.1, 0.15) is 5.56 Å². The number of methoxy groups -OCH3 is 1. The van der Waals surface area contributed by atoms with Crippen LogP contribution in [0.5, 0.6) is 5.75 Å². The molecule has 14 heavy (non-hydrogen) atoms. The first-order valence-corrected chi connectivity index (χ1v) is 4.25. The van der Waals surface area contributed by atoms with Gasteiger partial charge in [-0.3, -0.25) is 4.79 Å². The van der Waals surface area contributed by atoms with E-state index in [1.165, 1.54) is 0 Å². The van der Waals surface area contributed by atoms with Crippen LogP contribution in [0.4, 0.5) is 0 Å². The van der Waals surface area contributed by atoms with E-state index in [2.05, 4.69) is 0 Å². The second-order valence-electron chi connectivity index (χ2n) is 2.72. The minimum atomic E-state index is -0.409. The highest BCUT2D eigenvalue weighted by molar-refractivity contribution is 5.71. The molecule has 2 N–H and O–H groups in total. The largest absolute Gasteiger partial charge is 0.497 e. The van der Waals surface area contributed by atoms with Crippen LogP contribution >= 0.6 is 0 Å². The Labute approximate surface area is 82.6 Å². The van der Waals surface area contributed by atoms with E-state index in [-0.39, 0.29) is 13.2 Å². The van der Waals surface area contributed by atoms with Crippen molar-refractivity contribution in [3.63, 3.8) is 0 Å². The number of esters is 1. The Morgan fingerprint density at radius 3 is 2.93 bits per heavy atom. The van der Waals surface area contributed by atoms with Crippen LogP contribution in [-0.2, 0) is 16.1 Å². The van der Waals surface area contributed by atoms with Crippen molar-refractivity contribution in [1.29, 1.82) is 0 Å². The number of benzene rings is 1. The molecule has 1 aromatic carbocycles. The molecule has 0 aliphatic rings. The molecule has 4 nitrogen and oxygen atoms in total. The molecule has 0 bridgehead atoms. The maximum absolute atomic E-state index is 10.8. The Balaban J connectivity index is 2.54. The van der Waals surface area contributed by atoms with E-state index in [1.807, 2.05) is 24.3 Å². The van der Waals surface area contributed by atoms with Gasteiger partial charge in [-0.2, -0.15) is 0 Å². The molecular formula is C10H13NO3.